The first-order valence-corrected chi connectivity index (χ1v) is 7.23. The number of aromatic hydroxyl groups is 1. The first-order valence-electron chi connectivity index (χ1n) is 7.23. The van der Waals surface area contributed by atoms with Crippen molar-refractivity contribution in [3.05, 3.63) is 29.8 Å². The largest absolute Gasteiger partial charge is 0.508 e. The van der Waals surface area contributed by atoms with E-state index in [2.05, 4.69) is 5.43 Å². The van der Waals surface area contributed by atoms with Gasteiger partial charge in [0, 0.05) is 6.42 Å². The maximum atomic E-state index is 12.8. The maximum absolute atomic E-state index is 12.8. The molecule has 1 aromatic carbocycles. The number of esters is 1. The van der Waals surface area contributed by atoms with Gasteiger partial charge in [0.1, 0.15) is 11.4 Å². The molecule has 0 saturated heterocycles. The highest BCUT2D eigenvalue weighted by atomic mass is 16.6. The number of hydrogen-bond donors (Lipinski definition) is 3. The number of carbonyl (C=O) groups excluding carboxylic acids is 2. The molecule has 7 nitrogen and oxygen atoms in total. The lowest BCUT2D eigenvalue weighted by Gasteiger charge is -2.37. The number of likely N-dealkylation sites (N-methyl/N-ethyl adjacent to an activating group) is 1. The van der Waals surface area contributed by atoms with Gasteiger partial charge in [0.05, 0.1) is 0 Å². The summed E-state index contributed by atoms with van der Waals surface area (Å²) in [5, 5.41) is 9.38. The van der Waals surface area contributed by atoms with E-state index in [1.54, 1.807) is 47.0 Å². The SMILES string of the molecule is CN(C)[C@@](Cc1ccc(O)cc1)(C(=O)NN)C(=O)OC(C)(C)C. The van der Waals surface area contributed by atoms with Crippen LogP contribution in [-0.2, 0) is 20.7 Å². The summed E-state index contributed by atoms with van der Waals surface area (Å²) in [5.74, 6) is 4.05. The third-order valence-electron chi connectivity index (χ3n) is 3.40. The number of hydrazine groups is 1. The second-order valence-electron chi connectivity index (χ2n) is 6.57. The van der Waals surface area contributed by atoms with E-state index < -0.39 is 23.0 Å². The second kappa shape index (κ2) is 6.97. The van der Waals surface area contributed by atoms with Crippen LogP contribution in [0.4, 0.5) is 0 Å². The molecule has 0 spiro atoms. The summed E-state index contributed by atoms with van der Waals surface area (Å²) in [6, 6.07) is 6.26. The summed E-state index contributed by atoms with van der Waals surface area (Å²) >= 11 is 0. The zero-order valence-electron chi connectivity index (χ0n) is 14.2. The Kier molecular flexibility index (Phi) is 5.74. The minimum absolute atomic E-state index is 0.0538. The Labute approximate surface area is 136 Å². The molecule has 0 aromatic heterocycles. The quantitative estimate of drug-likeness (QED) is 0.240. The molecule has 0 aliphatic rings. The van der Waals surface area contributed by atoms with Gasteiger partial charge in [0.25, 0.3) is 5.91 Å². The number of rotatable bonds is 5. The molecule has 4 N–H and O–H groups in total. The highest BCUT2D eigenvalue weighted by Gasteiger charge is 2.50. The van der Waals surface area contributed by atoms with Crippen molar-refractivity contribution in [1.82, 2.24) is 10.3 Å². The van der Waals surface area contributed by atoms with Crippen LogP contribution < -0.4 is 11.3 Å². The molecule has 0 fully saturated rings. The number of amides is 1. The number of nitrogens with zero attached hydrogens (tertiary/aromatic N) is 1. The number of nitrogens with one attached hydrogen (secondary N) is 1. The van der Waals surface area contributed by atoms with Crippen molar-refractivity contribution in [2.45, 2.75) is 38.3 Å². The van der Waals surface area contributed by atoms with Gasteiger partial charge in [-0.1, -0.05) is 12.1 Å². The predicted molar refractivity (Wildman–Crippen MR) is 86.4 cm³/mol. The number of carbonyl (C=O) groups is 2. The van der Waals surface area contributed by atoms with E-state index >= 15 is 0 Å². The first-order chi connectivity index (χ1) is 10.5. The first kappa shape index (κ1) is 18.9. The Morgan fingerprint density at radius 2 is 1.74 bits per heavy atom. The van der Waals surface area contributed by atoms with Crippen molar-refractivity contribution in [2.75, 3.05) is 14.1 Å². The molecule has 0 radical (unpaired) electrons. The number of nitrogens with two attached hydrogens (primary N) is 1. The van der Waals surface area contributed by atoms with Gasteiger partial charge in [-0.2, -0.15) is 0 Å². The molecule has 1 rings (SSSR count). The number of phenolic OH excluding ortho intramolecular Hbond substituents is 1. The normalized spacial score (nSPS) is 14.2. The number of ether oxygens (including phenoxy) is 1. The van der Waals surface area contributed by atoms with Crippen LogP contribution in [0.3, 0.4) is 0 Å². The summed E-state index contributed by atoms with van der Waals surface area (Å²) in [6.45, 7) is 5.19. The number of phenols is 1. The van der Waals surface area contributed by atoms with Crippen molar-refractivity contribution >= 4 is 11.9 Å². The van der Waals surface area contributed by atoms with Gasteiger partial charge in [0.2, 0.25) is 5.54 Å². The Morgan fingerprint density at radius 3 is 2.13 bits per heavy atom. The van der Waals surface area contributed by atoms with Gasteiger partial charge in [0.15, 0.2) is 0 Å². The molecule has 23 heavy (non-hydrogen) atoms. The van der Waals surface area contributed by atoms with Crippen LogP contribution in [0.5, 0.6) is 5.75 Å². The van der Waals surface area contributed by atoms with Crippen LogP contribution in [0.1, 0.15) is 26.3 Å². The molecule has 1 aromatic rings. The van der Waals surface area contributed by atoms with E-state index in [4.69, 9.17) is 10.6 Å². The molecule has 0 saturated carbocycles. The van der Waals surface area contributed by atoms with E-state index in [0.717, 1.165) is 0 Å². The fraction of sp³-hybridized carbons (Fsp3) is 0.500. The molecule has 7 heteroatoms. The van der Waals surface area contributed by atoms with E-state index in [0.29, 0.717) is 5.56 Å². The van der Waals surface area contributed by atoms with Crippen molar-refractivity contribution in [3.63, 3.8) is 0 Å². The monoisotopic (exact) mass is 323 g/mol. The van der Waals surface area contributed by atoms with E-state index in [1.807, 2.05) is 0 Å². The summed E-state index contributed by atoms with van der Waals surface area (Å²) in [5.41, 5.74) is 0.381. The highest BCUT2D eigenvalue weighted by Crippen LogP contribution is 2.25. The summed E-state index contributed by atoms with van der Waals surface area (Å²) in [7, 11) is 3.22. The average Bonchev–Trinajstić information content (AvgIpc) is 2.43. The van der Waals surface area contributed by atoms with Crippen molar-refractivity contribution in [1.29, 1.82) is 0 Å². The molecule has 0 heterocycles. The lowest BCUT2D eigenvalue weighted by atomic mass is 9.88. The van der Waals surface area contributed by atoms with Crippen molar-refractivity contribution < 1.29 is 19.4 Å². The van der Waals surface area contributed by atoms with Gasteiger partial charge in [-0.25, -0.2) is 10.6 Å². The zero-order valence-corrected chi connectivity index (χ0v) is 14.2. The Balaban J connectivity index is 3.30. The minimum atomic E-state index is -1.61. The van der Waals surface area contributed by atoms with Crippen LogP contribution in [0, 0.1) is 0 Å². The molecule has 1 amide bonds. The van der Waals surface area contributed by atoms with Crippen LogP contribution in [0.2, 0.25) is 0 Å². The standard InChI is InChI=1S/C16H25N3O4/c1-15(2,3)23-14(22)16(19(4)5,13(21)18-17)10-11-6-8-12(20)9-7-11/h6-9,20H,10,17H2,1-5H3,(H,18,21)/t16-/m0/s1. The van der Waals surface area contributed by atoms with Gasteiger partial charge in [-0.3, -0.25) is 15.1 Å². The maximum Gasteiger partial charge on any atom is 0.337 e. The van der Waals surface area contributed by atoms with Crippen LogP contribution >= 0.6 is 0 Å². The van der Waals surface area contributed by atoms with Crippen molar-refractivity contribution in [3.8, 4) is 5.75 Å². The van der Waals surface area contributed by atoms with E-state index in [-0.39, 0.29) is 12.2 Å². The topological polar surface area (TPSA) is 105 Å². The Bertz CT molecular complexity index is 564. The number of benzene rings is 1. The lowest BCUT2D eigenvalue weighted by molar-refractivity contribution is -0.172. The molecule has 0 unspecified atom stereocenters. The Hall–Kier alpha value is -2.12. The molecule has 128 valence electrons. The fourth-order valence-electron chi connectivity index (χ4n) is 2.18. The summed E-state index contributed by atoms with van der Waals surface area (Å²) in [6.07, 6.45) is 0.0538. The summed E-state index contributed by atoms with van der Waals surface area (Å²) in [4.78, 5) is 26.7. The highest BCUT2D eigenvalue weighted by molar-refractivity contribution is 6.07. The van der Waals surface area contributed by atoms with E-state index in [1.165, 1.54) is 17.0 Å². The molecule has 1 atom stereocenters. The number of hydrogen-bond acceptors (Lipinski definition) is 6. The predicted octanol–water partition coefficient (Wildman–Crippen LogP) is 0.567. The molecule has 0 bridgehead atoms. The average molecular weight is 323 g/mol. The van der Waals surface area contributed by atoms with Gasteiger partial charge in [-0.05, 0) is 52.6 Å². The van der Waals surface area contributed by atoms with Gasteiger partial charge in [-0.15, -0.1) is 0 Å². The third kappa shape index (κ3) is 4.43. The van der Waals surface area contributed by atoms with Crippen LogP contribution in [0.25, 0.3) is 0 Å². The molecular weight excluding hydrogens is 298 g/mol. The minimum Gasteiger partial charge on any atom is -0.508 e. The van der Waals surface area contributed by atoms with Gasteiger partial charge >= 0.3 is 5.97 Å². The zero-order chi connectivity index (χ0) is 17.8. The Morgan fingerprint density at radius 1 is 1.22 bits per heavy atom. The van der Waals surface area contributed by atoms with Crippen LogP contribution in [0.15, 0.2) is 24.3 Å². The molecule has 0 aliphatic carbocycles. The lowest BCUT2D eigenvalue weighted by Crippen LogP contribution is -2.65. The van der Waals surface area contributed by atoms with Crippen LogP contribution in [-0.4, -0.2) is 47.1 Å². The second-order valence-corrected chi connectivity index (χ2v) is 6.57. The summed E-state index contributed by atoms with van der Waals surface area (Å²) < 4.78 is 5.44. The molecule has 0 aliphatic heterocycles. The fourth-order valence-corrected chi connectivity index (χ4v) is 2.18. The van der Waals surface area contributed by atoms with Crippen molar-refractivity contribution in [2.24, 2.45) is 5.84 Å². The molecular formula is C16H25N3O4. The van der Waals surface area contributed by atoms with Gasteiger partial charge < -0.3 is 9.84 Å². The van der Waals surface area contributed by atoms with E-state index in [9.17, 15) is 14.7 Å². The smallest absolute Gasteiger partial charge is 0.337 e. The third-order valence-corrected chi connectivity index (χ3v) is 3.40.